The highest BCUT2D eigenvalue weighted by Crippen LogP contribution is 2.19. The Hall–Kier alpha value is -1.97. The first-order valence-corrected chi connectivity index (χ1v) is 4.56. The highest BCUT2D eigenvalue weighted by Gasteiger charge is 2.00. The number of nitrogens with one attached hydrogen (secondary N) is 1. The van der Waals surface area contributed by atoms with Crippen molar-refractivity contribution in [2.75, 3.05) is 12.4 Å². The molecule has 0 atom stereocenters. The number of hydrogen-bond acceptors (Lipinski definition) is 3. The van der Waals surface area contributed by atoms with Gasteiger partial charge in [-0.1, -0.05) is 12.1 Å². The van der Waals surface area contributed by atoms with Crippen LogP contribution in [0.1, 0.15) is 0 Å². The first-order chi connectivity index (χ1) is 7.29. The van der Waals surface area contributed by atoms with Gasteiger partial charge in [-0.15, -0.1) is 5.10 Å². The van der Waals surface area contributed by atoms with Crippen LogP contribution in [0, 0.1) is 5.82 Å². The molecular weight excluding hydrogens is 193 g/mol. The van der Waals surface area contributed by atoms with Crippen LogP contribution in [0.2, 0.25) is 0 Å². The molecule has 0 bridgehead atoms. The third kappa shape index (κ3) is 2.10. The predicted molar refractivity (Wildman–Crippen MR) is 57.0 cm³/mol. The molecule has 4 heteroatoms. The summed E-state index contributed by atoms with van der Waals surface area (Å²) < 4.78 is 12.7. The van der Waals surface area contributed by atoms with Crippen LogP contribution in [-0.2, 0) is 0 Å². The second-order valence-electron chi connectivity index (χ2n) is 3.09. The van der Waals surface area contributed by atoms with Gasteiger partial charge >= 0.3 is 0 Å². The van der Waals surface area contributed by atoms with Crippen LogP contribution in [-0.4, -0.2) is 17.2 Å². The Morgan fingerprint density at radius 3 is 2.53 bits per heavy atom. The lowest BCUT2D eigenvalue weighted by Gasteiger charge is -2.02. The molecule has 0 aliphatic rings. The number of hydrogen-bond donors (Lipinski definition) is 1. The fourth-order valence-corrected chi connectivity index (χ4v) is 1.29. The van der Waals surface area contributed by atoms with Gasteiger partial charge in [-0.3, -0.25) is 0 Å². The van der Waals surface area contributed by atoms with E-state index in [1.165, 1.54) is 12.1 Å². The van der Waals surface area contributed by atoms with E-state index >= 15 is 0 Å². The van der Waals surface area contributed by atoms with E-state index in [2.05, 4.69) is 15.5 Å². The van der Waals surface area contributed by atoms with Crippen LogP contribution in [0.25, 0.3) is 11.1 Å². The number of aromatic nitrogens is 2. The van der Waals surface area contributed by atoms with Crippen molar-refractivity contribution in [2.45, 2.75) is 0 Å². The van der Waals surface area contributed by atoms with Gasteiger partial charge in [0.1, 0.15) is 11.6 Å². The molecule has 1 aromatic heterocycles. The highest BCUT2D eigenvalue weighted by molar-refractivity contribution is 5.64. The third-order valence-electron chi connectivity index (χ3n) is 2.09. The Balaban J connectivity index is 2.40. The van der Waals surface area contributed by atoms with Crippen LogP contribution >= 0.6 is 0 Å². The second-order valence-corrected chi connectivity index (χ2v) is 3.09. The van der Waals surface area contributed by atoms with Gasteiger partial charge in [-0.25, -0.2) is 4.39 Å². The van der Waals surface area contributed by atoms with Crippen LogP contribution in [0.15, 0.2) is 36.5 Å². The molecule has 3 nitrogen and oxygen atoms in total. The molecule has 0 unspecified atom stereocenters. The van der Waals surface area contributed by atoms with Gasteiger partial charge in [0.25, 0.3) is 0 Å². The summed E-state index contributed by atoms with van der Waals surface area (Å²) in [4.78, 5) is 0. The number of nitrogens with zero attached hydrogens (tertiary/aromatic N) is 2. The Morgan fingerprint density at radius 2 is 1.87 bits per heavy atom. The average Bonchev–Trinajstić information content (AvgIpc) is 2.30. The Labute approximate surface area is 87.0 Å². The van der Waals surface area contributed by atoms with E-state index in [1.54, 1.807) is 25.4 Å². The lowest BCUT2D eigenvalue weighted by molar-refractivity contribution is 0.628. The zero-order chi connectivity index (χ0) is 10.7. The van der Waals surface area contributed by atoms with E-state index in [9.17, 15) is 4.39 Å². The molecule has 1 aromatic carbocycles. The second kappa shape index (κ2) is 4.04. The van der Waals surface area contributed by atoms with Crippen molar-refractivity contribution in [1.29, 1.82) is 0 Å². The van der Waals surface area contributed by atoms with E-state index in [4.69, 9.17) is 0 Å². The maximum Gasteiger partial charge on any atom is 0.149 e. The normalized spacial score (nSPS) is 10.0. The van der Waals surface area contributed by atoms with Gasteiger partial charge in [-0.2, -0.15) is 5.10 Å². The molecule has 1 N–H and O–H groups in total. The molecule has 0 saturated heterocycles. The van der Waals surface area contributed by atoms with Gasteiger partial charge < -0.3 is 5.32 Å². The topological polar surface area (TPSA) is 37.8 Å². The number of rotatable bonds is 2. The van der Waals surface area contributed by atoms with E-state index in [1.807, 2.05) is 6.07 Å². The minimum atomic E-state index is -0.241. The first-order valence-electron chi connectivity index (χ1n) is 4.56. The minimum absolute atomic E-state index is 0.241. The number of benzene rings is 1. The van der Waals surface area contributed by atoms with E-state index in [0.29, 0.717) is 5.82 Å². The molecule has 15 heavy (non-hydrogen) atoms. The van der Waals surface area contributed by atoms with Crippen molar-refractivity contribution in [3.05, 3.63) is 42.3 Å². The maximum atomic E-state index is 12.7. The summed E-state index contributed by atoms with van der Waals surface area (Å²) in [6, 6.07) is 8.14. The largest absolute Gasteiger partial charge is 0.372 e. The maximum absolute atomic E-state index is 12.7. The summed E-state index contributed by atoms with van der Waals surface area (Å²) in [6.07, 6.45) is 1.65. The first kappa shape index (κ1) is 9.58. The molecular formula is C11H10FN3. The molecule has 0 fully saturated rings. The summed E-state index contributed by atoms with van der Waals surface area (Å²) >= 11 is 0. The standard InChI is InChI=1S/C11H10FN3/c1-13-11-6-9(7-14-15-11)8-2-4-10(12)5-3-8/h2-7H,1H3,(H,13,15). The summed E-state index contributed by atoms with van der Waals surface area (Å²) in [5, 5.41) is 10.6. The minimum Gasteiger partial charge on any atom is -0.372 e. The van der Waals surface area contributed by atoms with Crippen LogP contribution in [0.5, 0.6) is 0 Å². The van der Waals surface area contributed by atoms with Crippen LogP contribution in [0.3, 0.4) is 0 Å². The van der Waals surface area contributed by atoms with Crippen LogP contribution in [0.4, 0.5) is 10.2 Å². The molecule has 1 heterocycles. The molecule has 0 aliphatic carbocycles. The molecule has 2 rings (SSSR count). The summed E-state index contributed by atoms with van der Waals surface area (Å²) in [7, 11) is 1.78. The van der Waals surface area contributed by atoms with Gasteiger partial charge in [0.05, 0.1) is 6.20 Å². The monoisotopic (exact) mass is 203 g/mol. The fraction of sp³-hybridized carbons (Fsp3) is 0.0909. The SMILES string of the molecule is CNc1cc(-c2ccc(F)cc2)cnn1. The van der Waals surface area contributed by atoms with Gasteiger partial charge in [-0.05, 0) is 23.8 Å². The van der Waals surface area contributed by atoms with Gasteiger partial charge in [0, 0.05) is 12.6 Å². The zero-order valence-corrected chi connectivity index (χ0v) is 8.24. The number of anilines is 1. The van der Waals surface area contributed by atoms with E-state index in [0.717, 1.165) is 11.1 Å². The van der Waals surface area contributed by atoms with Crippen molar-refractivity contribution < 1.29 is 4.39 Å². The molecule has 0 saturated carbocycles. The third-order valence-corrected chi connectivity index (χ3v) is 2.09. The molecule has 0 aliphatic heterocycles. The van der Waals surface area contributed by atoms with Crippen molar-refractivity contribution >= 4 is 5.82 Å². The molecule has 2 aromatic rings. The van der Waals surface area contributed by atoms with E-state index in [-0.39, 0.29) is 5.82 Å². The van der Waals surface area contributed by atoms with Crippen LogP contribution < -0.4 is 5.32 Å². The molecule has 76 valence electrons. The van der Waals surface area contributed by atoms with Gasteiger partial charge in [0.15, 0.2) is 0 Å². The Morgan fingerprint density at radius 1 is 1.13 bits per heavy atom. The number of halogens is 1. The Kier molecular flexibility index (Phi) is 2.58. The fourth-order valence-electron chi connectivity index (χ4n) is 1.29. The lowest BCUT2D eigenvalue weighted by atomic mass is 10.1. The summed E-state index contributed by atoms with van der Waals surface area (Å²) in [5.74, 6) is 0.450. The summed E-state index contributed by atoms with van der Waals surface area (Å²) in [5.41, 5.74) is 1.83. The quantitative estimate of drug-likeness (QED) is 0.813. The van der Waals surface area contributed by atoms with E-state index < -0.39 is 0 Å². The zero-order valence-electron chi connectivity index (χ0n) is 8.24. The smallest absolute Gasteiger partial charge is 0.149 e. The lowest BCUT2D eigenvalue weighted by Crippen LogP contribution is -1.94. The van der Waals surface area contributed by atoms with Gasteiger partial charge in [0.2, 0.25) is 0 Å². The molecule has 0 spiro atoms. The molecule has 0 amide bonds. The predicted octanol–water partition coefficient (Wildman–Crippen LogP) is 2.32. The van der Waals surface area contributed by atoms with Crippen molar-refractivity contribution in [3.63, 3.8) is 0 Å². The summed E-state index contributed by atoms with van der Waals surface area (Å²) in [6.45, 7) is 0. The average molecular weight is 203 g/mol. The Bertz CT molecular complexity index is 454. The molecule has 0 radical (unpaired) electrons. The van der Waals surface area contributed by atoms with Crippen molar-refractivity contribution in [3.8, 4) is 11.1 Å². The highest BCUT2D eigenvalue weighted by atomic mass is 19.1. The van der Waals surface area contributed by atoms with Crippen molar-refractivity contribution in [2.24, 2.45) is 0 Å². The van der Waals surface area contributed by atoms with Crippen molar-refractivity contribution in [1.82, 2.24) is 10.2 Å².